The van der Waals surface area contributed by atoms with Gasteiger partial charge in [0.25, 0.3) is 0 Å². The van der Waals surface area contributed by atoms with Gasteiger partial charge in [0.1, 0.15) is 6.61 Å². The second kappa shape index (κ2) is 7.91. The van der Waals surface area contributed by atoms with Crippen LogP contribution in [-0.4, -0.2) is 30.1 Å². The summed E-state index contributed by atoms with van der Waals surface area (Å²) in [6.45, 7) is 6.13. The molecule has 4 fully saturated rings. The fraction of sp³-hybridized carbons (Fsp3) is 0.958. The van der Waals surface area contributed by atoms with Crippen molar-refractivity contribution in [1.29, 1.82) is 0 Å². The maximum Gasteiger partial charge on any atom is 0.129 e. The van der Waals surface area contributed by atoms with Gasteiger partial charge in [-0.25, -0.2) is 0 Å². The molecule has 0 amide bonds. The molecule has 7 atom stereocenters. The van der Waals surface area contributed by atoms with Gasteiger partial charge >= 0.3 is 0 Å². The first-order chi connectivity index (χ1) is 13.4. The Bertz CT molecular complexity index is 581. The van der Waals surface area contributed by atoms with E-state index in [1.54, 1.807) is 6.21 Å². The van der Waals surface area contributed by atoms with Gasteiger partial charge in [-0.1, -0.05) is 25.4 Å². The molecule has 4 aliphatic rings. The van der Waals surface area contributed by atoms with Gasteiger partial charge in [0, 0.05) is 12.8 Å². The topological polar surface area (TPSA) is 67.8 Å². The Morgan fingerprint density at radius 3 is 2.75 bits per heavy atom. The third-order valence-corrected chi connectivity index (χ3v) is 9.70. The number of rotatable bonds is 6. The molecule has 0 saturated heterocycles. The molecule has 0 aromatic rings. The van der Waals surface area contributed by atoms with Gasteiger partial charge in [-0.05, 0) is 105 Å². The maximum absolute atomic E-state index is 11.3. The van der Waals surface area contributed by atoms with Crippen molar-refractivity contribution in [2.45, 2.75) is 96.5 Å². The van der Waals surface area contributed by atoms with Crippen molar-refractivity contribution >= 4 is 6.21 Å². The number of hydrogen-bond acceptors (Lipinski definition) is 4. The Balaban J connectivity index is 1.38. The monoisotopic (exact) mass is 390 g/mol. The zero-order valence-corrected chi connectivity index (χ0v) is 18.2. The molecule has 0 spiro atoms. The van der Waals surface area contributed by atoms with Gasteiger partial charge in [0.05, 0.1) is 5.60 Å². The minimum absolute atomic E-state index is 0.456. The second-order valence-electron chi connectivity index (χ2n) is 11.1. The van der Waals surface area contributed by atoms with E-state index in [2.05, 4.69) is 19.0 Å². The van der Waals surface area contributed by atoms with Gasteiger partial charge in [-0.2, -0.15) is 0 Å². The summed E-state index contributed by atoms with van der Waals surface area (Å²) in [6.07, 6.45) is 16.6. The predicted octanol–water partition coefficient (Wildman–Crippen LogP) is 4.89. The fourth-order valence-electron chi connectivity index (χ4n) is 8.09. The van der Waals surface area contributed by atoms with Gasteiger partial charge in [0.2, 0.25) is 0 Å². The molecule has 160 valence electrons. The summed E-state index contributed by atoms with van der Waals surface area (Å²) in [5.41, 5.74) is 5.99. The van der Waals surface area contributed by atoms with Crippen molar-refractivity contribution < 1.29 is 9.94 Å². The first kappa shape index (κ1) is 20.7. The van der Waals surface area contributed by atoms with Gasteiger partial charge < -0.3 is 15.7 Å². The van der Waals surface area contributed by atoms with E-state index in [1.165, 1.54) is 51.4 Å². The van der Waals surface area contributed by atoms with E-state index >= 15 is 0 Å². The van der Waals surface area contributed by atoms with E-state index in [0.717, 1.165) is 43.4 Å². The predicted molar refractivity (Wildman–Crippen MR) is 114 cm³/mol. The third kappa shape index (κ3) is 3.64. The lowest BCUT2D eigenvalue weighted by atomic mass is 9.44. The number of hydrogen-bond donors (Lipinski definition) is 2. The molecule has 4 nitrogen and oxygen atoms in total. The highest BCUT2D eigenvalue weighted by molar-refractivity contribution is 5.56. The van der Waals surface area contributed by atoms with Crippen molar-refractivity contribution in [3.05, 3.63) is 0 Å². The van der Waals surface area contributed by atoms with E-state index in [-0.39, 0.29) is 0 Å². The quantitative estimate of drug-likeness (QED) is 0.385. The number of aliphatic hydroxyl groups is 1. The molecular formula is C24H42N2O2. The molecule has 4 saturated carbocycles. The molecule has 28 heavy (non-hydrogen) atoms. The number of fused-ring (bicyclic) bond motifs is 5. The van der Waals surface area contributed by atoms with E-state index in [0.29, 0.717) is 29.9 Å². The number of nitrogens with two attached hydrogens (primary N) is 1. The van der Waals surface area contributed by atoms with Crippen LogP contribution in [0.25, 0.3) is 0 Å². The van der Waals surface area contributed by atoms with E-state index in [1.807, 2.05) is 0 Å². The van der Waals surface area contributed by atoms with Crippen LogP contribution in [0.5, 0.6) is 0 Å². The Morgan fingerprint density at radius 2 is 1.93 bits per heavy atom. The molecule has 0 aliphatic heterocycles. The average Bonchev–Trinajstić information content (AvgIpc) is 3.07. The molecule has 0 unspecified atom stereocenters. The van der Waals surface area contributed by atoms with Crippen LogP contribution >= 0.6 is 0 Å². The van der Waals surface area contributed by atoms with Crippen LogP contribution in [0.2, 0.25) is 0 Å². The minimum atomic E-state index is -0.507. The molecule has 4 rings (SSSR count). The molecule has 0 aromatic heterocycles. The van der Waals surface area contributed by atoms with Crippen LogP contribution in [0.4, 0.5) is 0 Å². The molecular weight excluding hydrogens is 348 g/mol. The number of oxime groups is 1. The lowest BCUT2D eigenvalue weighted by molar-refractivity contribution is -0.148. The lowest BCUT2D eigenvalue weighted by Crippen LogP contribution is -2.55. The van der Waals surface area contributed by atoms with Crippen molar-refractivity contribution in [2.75, 3.05) is 13.2 Å². The third-order valence-electron chi connectivity index (χ3n) is 9.70. The van der Waals surface area contributed by atoms with Crippen molar-refractivity contribution in [1.82, 2.24) is 0 Å². The van der Waals surface area contributed by atoms with Crippen LogP contribution in [0.1, 0.15) is 90.9 Å². The van der Waals surface area contributed by atoms with Crippen LogP contribution in [0.15, 0.2) is 5.16 Å². The summed E-state index contributed by atoms with van der Waals surface area (Å²) in [5, 5.41) is 15.2. The molecule has 3 N–H and O–H groups in total. The van der Waals surface area contributed by atoms with Crippen LogP contribution in [0.3, 0.4) is 0 Å². The summed E-state index contributed by atoms with van der Waals surface area (Å²) < 4.78 is 0. The summed E-state index contributed by atoms with van der Waals surface area (Å²) in [5.74, 6) is 3.54. The fourth-order valence-corrected chi connectivity index (χ4v) is 8.09. The van der Waals surface area contributed by atoms with Crippen LogP contribution < -0.4 is 5.73 Å². The highest BCUT2D eigenvalue weighted by atomic mass is 16.6. The Labute approximate surface area is 171 Å². The highest BCUT2D eigenvalue weighted by Gasteiger charge is 2.59. The highest BCUT2D eigenvalue weighted by Crippen LogP contribution is 2.67. The van der Waals surface area contributed by atoms with Crippen LogP contribution in [-0.2, 0) is 4.84 Å². The van der Waals surface area contributed by atoms with Gasteiger partial charge in [-0.3, -0.25) is 0 Å². The average molecular weight is 391 g/mol. The SMILES string of the molecule is C[C@@]12CCC[C@H]1[C@@H]1CC[C@@H]3C[C@](O)(CCC=NOCCN)CC[C@]3(C)[C@H]1CC2. The van der Waals surface area contributed by atoms with E-state index in [4.69, 9.17) is 10.6 Å². The largest absolute Gasteiger partial charge is 0.395 e. The summed E-state index contributed by atoms with van der Waals surface area (Å²) >= 11 is 0. The molecule has 0 aromatic carbocycles. The van der Waals surface area contributed by atoms with Crippen molar-refractivity contribution in [2.24, 2.45) is 45.4 Å². The zero-order valence-electron chi connectivity index (χ0n) is 18.2. The second-order valence-corrected chi connectivity index (χ2v) is 11.1. The van der Waals surface area contributed by atoms with Gasteiger partial charge in [0.15, 0.2) is 0 Å². The molecule has 4 aliphatic carbocycles. The Kier molecular flexibility index (Phi) is 5.83. The molecule has 0 heterocycles. The minimum Gasteiger partial charge on any atom is -0.395 e. The lowest BCUT2D eigenvalue weighted by Gasteiger charge is -2.61. The van der Waals surface area contributed by atoms with Crippen molar-refractivity contribution in [3.63, 3.8) is 0 Å². The van der Waals surface area contributed by atoms with Gasteiger partial charge in [-0.15, -0.1) is 0 Å². The standard InChI is InChI=1S/C24H42N2O2/c1-22-9-3-5-20(22)19-7-6-18-17-24(27,10-4-15-26-28-16-14-25)13-12-23(18,2)21(19)8-11-22/h15,18-21,27H,3-14,16-17,25H2,1-2H3/t18-,19+,20+,21+,22+,23+,24+/m1/s1. The summed E-state index contributed by atoms with van der Waals surface area (Å²) in [6, 6.07) is 0. The molecule has 0 bridgehead atoms. The Hall–Kier alpha value is -0.610. The smallest absolute Gasteiger partial charge is 0.129 e. The van der Waals surface area contributed by atoms with Crippen LogP contribution in [0, 0.1) is 34.5 Å². The number of nitrogens with zero attached hydrogens (tertiary/aromatic N) is 1. The van der Waals surface area contributed by atoms with E-state index < -0.39 is 5.60 Å². The molecule has 4 heteroatoms. The van der Waals surface area contributed by atoms with E-state index in [9.17, 15) is 5.11 Å². The first-order valence-corrected chi connectivity index (χ1v) is 12.0. The zero-order chi connectivity index (χ0) is 19.8. The summed E-state index contributed by atoms with van der Waals surface area (Å²) in [7, 11) is 0. The Morgan fingerprint density at radius 1 is 1.07 bits per heavy atom. The first-order valence-electron chi connectivity index (χ1n) is 12.0. The maximum atomic E-state index is 11.3. The summed E-state index contributed by atoms with van der Waals surface area (Å²) in [4.78, 5) is 5.07. The molecule has 0 radical (unpaired) electrons. The van der Waals surface area contributed by atoms with Crippen molar-refractivity contribution in [3.8, 4) is 0 Å². The normalized spacial score (nSPS) is 48.1.